The molecule has 0 aliphatic carbocycles. The van der Waals surface area contributed by atoms with Crippen molar-refractivity contribution in [2.24, 2.45) is 0 Å². The summed E-state index contributed by atoms with van der Waals surface area (Å²) < 4.78 is 0. The average Bonchev–Trinajstić information content (AvgIpc) is 2.66. The first-order valence-corrected chi connectivity index (χ1v) is 9.84. The summed E-state index contributed by atoms with van der Waals surface area (Å²) in [7, 11) is 0. The van der Waals surface area contributed by atoms with Gasteiger partial charge in [-0.3, -0.25) is 4.98 Å². The van der Waals surface area contributed by atoms with Gasteiger partial charge in [-0.25, -0.2) is 9.97 Å². The van der Waals surface area contributed by atoms with Crippen molar-refractivity contribution < 1.29 is 0 Å². The minimum atomic E-state index is -0.0664. The minimum absolute atomic E-state index is 0.0664. The summed E-state index contributed by atoms with van der Waals surface area (Å²) in [5.41, 5.74) is 5.58. The van der Waals surface area contributed by atoms with Gasteiger partial charge in [-0.15, -0.1) is 0 Å². The third-order valence-corrected chi connectivity index (χ3v) is 5.47. The Labute approximate surface area is 166 Å². The van der Waals surface area contributed by atoms with E-state index in [2.05, 4.69) is 87.1 Å². The molecule has 1 aromatic carbocycles. The highest BCUT2D eigenvalue weighted by Crippen LogP contribution is 2.30. The molecule has 4 aromatic rings. The molecule has 3 heterocycles. The Bertz CT molecular complexity index is 1150. The Hall–Kier alpha value is -2.81. The molecular formula is C25H27N3. The molecule has 0 atom stereocenters. The van der Waals surface area contributed by atoms with Crippen LogP contribution in [0.1, 0.15) is 51.4 Å². The molecule has 0 N–H and O–H groups in total. The van der Waals surface area contributed by atoms with Gasteiger partial charge in [0.05, 0.1) is 5.52 Å². The molecule has 0 amide bonds. The van der Waals surface area contributed by atoms with Gasteiger partial charge in [0.1, 0.15) is 0 Å². The van der Waals surface area contributed by atoms with Crippen molar-refractivity contribution in [3.05, 3.63) is 77.7 Å². The van der Waals surface area contributed by atoms with Crippen LogP contribution in [-0.4, -0.2) is 15.0 Å². The first-order chi connectivity index (χ1) is 13.2. The fourth-order valence-electron chi connectivity index (χ4n) is 3.62. The molecule has 0 spiro atoms. The molecule has 28 heavy (non-hydrogen) atoms. The quantitative estimate of drug-likeness (QED) is 0.445. The van der Waals surface area contributed by atoms with Crippen LogP contribution in [0, 0.1) is 0 Å². The van der Waals surface area contributed by atoms with Crippen LogP contribution >= 0.6 is 0 Å². The van der Waals surface area contributed by atoms with Gasteiger partial charge in [-0.1, -0.05) is 46.8 Å². The normalized spacial score (nSPS) is 12.6. The molecule has 0 saturated carbocycles. The summed E-state index contributed by atoms with van der Waals surface area (Å²) in [5.74, 6) is 0. The second kappa shape index (κ2) is 6.66. The van der Waals surface area contributed by atoms with Crippen molar-refractivity contribution in [2.45, 2.75) is 51.9 Å². The third kappa shape index (κ3) is 3.62. The summed E-state index contributed by atoms with van der Waals surface area (Å²) in [5, 5.41) is 2.28. The van der Waals surface area contributed by atoms with Crippen LogP contribution in [0.5, 0.6) is 0 Å². The van der Waals surface area contributed by atoms with Crippen molar-refractivity contribution in [3.8, 4) is 0 Å². The van der Waals surface area contributed by atoms with Crippen molar-refractivity contribution >= 4 is 21.9 Å². The zero-order valence-corrected chi connectivity index (χ0v) is 17.3. The molecule has 0 bridgehead atoms. The van der Waals surface area contributed by atoms with Crippen molar-refractivity contribution in [1.82, 2.24) is 15.0 Å². The van der Waals surface area contributed by atoms with Crippen LogP contribution in [0.3, 0.4) is 0 Å². The average molecular weight is 370 g/mol. The Morgan fingerprint density at radius 3 is 2.36 bits per heavy atom. The van der Waals surface area contributed by atoms with Crippen LogP contribution in [-0.2, 0) is 17.3 Å². The highest BCUT2D eigenvalue weighted by molar-refractivity contribution is 5.80. The highest BCUT2D eigenvalue weighted by atomic mass is 14.8. The topological polar surface area (TPSA) is 38.7 Å². The van der Waals surface area contributed by atoms with Gasteiger partial charge in [0.15, 0.2) is 5.65 Å². The Morgan fingerprint density at radius 2 is 1.57 bits per heavy atom. The standard InChI is InChI=1S/C25H27N3/c1-24(2,3)19-9-11-22-17(13-19)8-10-21(28-22)15-25(4,5)20-14-18-7-6-12-26-23(18)27-16-20/h6-14,16H,15H2,1-5H3. The maximum atomic E-state index is 4.94. The molecule has 0 fully saturated rings. The van der Waals surface area contributed by atoms with E-state index in [0.717, 1.165) is 28.7 Å². The lowest BCUT2D eigenvalue weighted by Crippen LogP contribution is -2.21. The molecule has 3 nitrogen and oxygen atoms in total. The van der Waals surface area contributed by atoms with E-state index in [1.54, 1.807) is 6.20 Å². The molecule has 0 radical (unpaired) electrons. The lowest BCUT2D eigenvalue weighted by Gasteiger charge is -2.25. The number of benzene rings is 1. The summed E-state index contributed by atoms with van der Waals surface area (Å²) in [6.07, 6.45) is 4.59. The maximum Gasteiger partial charge on any atom is 0.159 e. The Kier molecular flexibility index (Phi) is 4.41. The first-order valence-electron chi connectivity index (χ1n) is 9.84. The van der Waals surface area contributed by atoms with Crippen LogP contribution in [0.2, 0.25) is 0 Å². The van der Waals surface area contributed by atoms with E-state index in [4.69, 9.17) is 4.98 Å². The van der Waals surface area contributed by atoms with Gasteiger partial charge >= 0.3 is 0 Å². The van der Waals surface area contributed by atoms with Crippen LogP contribution in [0.4, 0.5) is 0 Å². The summed E-state index contributed by atoms with van der Waals surface area (Å²) in [6.45, 7) is 11.2. The first kappa shape index (κ1) is 18.5. The van der Waals surface area contributed by atoms with Gasteiger partial charge in [0.2, 0.25) is 0 Å². The van der Waals surface area contributed by atoms with Crippen molar-refractivity contribution in [1.29, 1.82) is 0 Å². The van der Waals surface area contributed by atoms with Gasteiger partial charge in [-0.2, -0.15) is 0 Å². The van der Waals surface area contributed by atoms with E-state index >= 15 is 0 Å². The summed E-state index contributed by atoms with van der Waals surface area (Å²) in [6, 6.07) is 17.2. The van der Waals surface area contributed by atoms with Crippen LogP contribution in [0.25, 0.3) is 21.9 Å². The number of pyridine rings is 3. The predicted octanol–water partition coefficient (Wildman–Crippen LogP) is 6.00. The van der Waals surface area contributed by atoms with E-state index in [0.29, 0.717) is 0 Å². The molecule has 0 saturated heterocycles. The highest BCUT2D eigenvalue weighted by Gasteiger charge is 2.23. The maximum absolute atomic E-state index is 4.94. The third-order valence-electron chi connectivity index (χ3n) is 5.47. The van der Waals surface area contributed by atoms with E-state index in [1.807, 2.05) is 12.3 Å². The molecule has 142 valence electrons. The van der Waals surface area contributed by atoms with E-state index in [1.165, 1.54) is 16.5 Å². The summed E-state index contributed by atoms with van der Waals surface area (Å²) >= 11 is 0. The molecule has 0 unspecified atom stereocenters. The minimum Gasteiger partial charge on any atom is -0.253 e. The van der Waals surface area contributed by atoms with Gasteiger partial charge in [0.25, 0.3) is 0 Å². The molecular weight excluding hydrogens is 342 g/mol. The zero-order chi connectivity index (χ0) is 19.9. The molecule has 0 aliphatic rings. The Morgan fingerprint density at radius 1 is 0.786 bits per heavy atom. The van der Waals surface area contributed by atoms with Crippen molar-refractivity contribution in [2.75, 3.05) is 0 Å². The lowest BCUT2D eigenvalue weighted by atomic mass is 9.80. The lowest BCUT2D eigenvalue weighted by molar-refractivity contribution is 0.515. The summed E-state index contributed by atoms with van der Waals surface area (Å²) in [4.78, 5) is 13.8. The van der Waals surface area contributed by atoms with Gasteiger partial charge in [-0.05, 0) is 64.8 Å². The largest absolute Gasteiger partial charge is 0.253 e. The Balaban J connectivity index is 1.65. The predicted molar refractivity (Wildman–Crippen MR) is 117 cm³/mol. The molecule has 3 heteroatoms. The van der Waals surface area contributed by atoms with Gasteiger partial charge in [0, 0.05) is 28.9 Å². The number of fused-ring (bicyclic) bond motifs is 2. The van der Waals surface area contributed by atoms with E-state index in [-0.39, 0.29) is 10.8 Å². The second-order valence-corrected chi connectivity index (χ2v) is 9.29. The van der Waals surface area contributed by atoms with E-state index in [9.17, 15) is 0 Å². The molecule has 0 aliphatic heterocycles. The van der Waals surface area contributed by atoms with Gasteiger partial charge < -0.3 is 0 Å². The SMILES string of the molecule is CC(C)(C)c1ccc2nc(CC(C)(C)c3cnc4ncccc4c3)ccc2c1. The molecule has 4 rings (SSSR count). The number of aromatic nitrogens is 3. The number of rotatable bonds is 3. The second-order valence-electron chi connectivity index (χ2n) is 9.29. The molecule has 3 aromatic heterocycles. The van der Waals surface area contributed by atoms with E-state index < -0.39 is 0 Å². The number of nitrogens with zero attached hydrogens (tertiary/aromatic N) is 3. The zero-order valence-electron chi connectivity index (χ0n) is 17.3. The fourth-order valence-corrected chi connectivity index (χ4v) is 3.62. The smallest absolute Gasteiger partial charge is 0.159 e. The number of hydrogen-bond acceptors (Lipinski definition) is 3. The van der Waals surface area contributed by atoms with Crippen LogP contribution < -0.4 is 0 Å². The number of hydrogen-bond donors (Lipinski definition) is 0. The van der Waals surface area contributed by atoms with Crippen LogP contribution in [0.15, 0.2) is 60.9 Å². The van der Waals surface area contributed by atoms with Crippen molar-refractivity contribution in [3.63, 3.8) is 0 Å². The fraction of sp³-hybridized carbons (Fsp3) is 0.320. The monoisotopic (exact) mass is 369 g/mol.